The third-order valence-electron chi connectivity index (χ3n) is 2.06. The molecular formula is C10H13N7. The molecule has 2 heterocycles. The van der Waals surface area contributed by atoms with Crippen molar-refractivity contribution in [1.82, 2.24) is 20.2 Å². The lowest BCUT2D eigenvalue weighted by Gasteiger charge is -2.07. The molecule has 0 spiro atoms. The Morgan fingerprint density at radius 3 is 2.82 bits per heavy atom. The second-order valence-electron chi connectivity index (χ2n) is 3.40. The summed E-state index contributed by atoms with van der Waals surface area (Å²) in [7, 11) is 0. The largest absolute Gasteiger partial charge is 0.364 e. The molecule has 0 unspecified atom stereocenters. The third kappa shape index (κ3) is 3.08. The number of hydrogen-bond acceptors (Lipinski definition) is 7. The molecule has 0 saturated carbocycles. The number of rotatable bonds is 4. The summed E-state index contributed by atoms with van der Waals surface area (Å²) in [6.07, 6.45) is 1.63. The number of hydrogen-bond donors (Lipinski definition) is 3. The van der Waals surface area contributed by atoms with Gasteiger partial charge in [-0.3, -0.25) is 0 Å². The molecule has 2 aromatic heterocycles. The van der Waals surface area contributed by atoms with E-state index in [1.54, 1.807) is 19.2 Å². The molecule has 0 aliphatic rings. The SMILES string of the molecule is Cc1nc(NN)cc(NCc2cccnn2)n1. The van der Waals surface area contributed by atoms with Gasteiger partial charge in [0.05, 0.1) is 12.2 Å². The van der Waals surface area contributed by atoms with Crippen LogP contribution < -0.4 is 16.6 Å². The summed E-state index contributed by atoms with van der Waals surface area (Å²) < 4.78 is 0. The average Bonchev–Trinajstić information content (AvgIpc) is 2.37. The number of aryl methyl sites for hydroxylation is 1. The van der Waals surface area contributed by atoms with Crippen molar-refractivity contribution in [3.63, 3.8) is 0 Å². The number of anilines is 2. The minimum Gasteiger partial charge on any atom is -0.364 e. The molecular weight excluding hydrogens is 218 g/mol. The molecule has 0 radical (unpaired) electrons. The van der Waals surface area contributed by atoms with Gasteiger partial charge in [0.15, 0.2) is 0 Å². The summed E-state index contributed by atoms with van der Waals surface area (Å²) >= 11 is 0. The Kier molecular flexibility index (Phi) is 3.41. The minimum absolute atomic E-state index is 0.550. The maximum Gasteiger partial charge on any atom is 0.145 e. The van der Waals surface area contributed by atoms with Gasteiger partial charge in [0.2, 0.25) is 0 Å². The number of nitrogen functional groups attached to an aromatic ring is 1. The summed E-state index contributed by atoms with van der Waals surface area (Å²) in [5, 5.41) is 10.9. The van der Waals surface area contributed by atoms with Gasteiger partial charge in [0, 0.05) is 12.3 Å². The van der Waals surface area contributed by atoms with E-state index in [0.717, 1.165) is 5.69 Å². The van der Waals surface area contributed by atoms with Crippen LogP contribution in [0.15, 0.2) is 24.4 Å². The highest BCUT2D eigenvalue weighted by Gasteiger charge is 2.01. The Hall–Kier alpha value is -2.28. The first-order chi connectivity index (χ1) is 8.28. The van der Waals surface area contributed by atoms with Crippen LogP contribution in [0.2, 0.25) is 0 Å². The molecule has 0 fully saturated rings. The van der Waals surface area contributed by atoms with Crippen LogP contribution >= 0.6 is 0 Å². The minimum atomic E-state index is 0.550. The van der Waals surface area contributed by atoms with E-state index < -0.39 is 0 Å². The zero-order valence-corrected chi connectivity index (χ0v) is 9.38. The van der Waals surface area contributed by atoms with Crippen molar-refractivity contribution in [3.05, 3.63) is 35.9 Å². The molecule has 7 nitrogen and oxygen atoms in total. The summed E-state index contributed by atoms with van der Waals surface area (Å²) in [5.41, 5.74) is 3.33. The van der Waals surface area contributed by atoms with Crippen LogP contribution in [0, 0.1) is 6.92 Å². The summed E-state index contributed by atoms with van der Waals surface area (Å²) in [5.74, 6) is 7.20. The van der Waals surface area contributed by atoms with Crippen molar-refractivity contribution < 1.29 is 0 Å². The molecule has 2 rings (SSSR count). The van der Waals surface area contributed by atoms with Gasteiger partial charge in [-0.15, -0.1) is 0 Å². The zero-order chi connectivity index (χ0) is 12.1. The molecule has 7 heteroatoms. The number of nitrogens with two attached hydrogens (primary N) is 1. The molecule has 0 aliphatic heterocycles. The van der Waals surface area contributed by atoms with E-state index in [-0.39, 0.29) is 0 Å². The number of nitrogens with zero attached hydrogens (tertiary/aromatic N) is 4. The Morgan fingerprint density at radius 1 is 1.29 bits per heavy atom. The standard InChI is InChI=1S/C10H13N7/c1-7-14-9(5-10(15-7)16-11)12-6-8-3-2-4-13-17-8/h2-5H,6,11H2,1H3,(H2,12,14,15,16). The van der Waals surface area contributed by atoms with Gasteiger partial charge >= 0.3 is 0 Å². The van der Waals surface area contributed by atoms with Crippen molar-refractivity contribution in [1.29, 1.82) is 0 Å². The van der Waals surface area contributed by atoms with Crippen LogP contribution in [0.25, 0.3) is 0 Å². The second kappa shape index (κ2) is 5.17. The van der Waals surface area contributed by atoms with E-state index in [4.69, 9.17) is 5.84 Å². The third-order valence-corrected chi connectivity index (χ3v) is 2.06. The van der Waals surface area contributed by atoms with Gasteiger partial charge in [0.1, 0.15) is 17.5 Å². The lowest BCUT2D eigenvalue weighted by Crippen LogP contribution is -2.11. The quantitative estimate of drug-likeness (QED) is 0.519. The van der Waals surface area contributed by atoms with Crippen molar-refractivity contribution in [2.45, 2.75) is 13.5 Å². The Morgan fingerprint density at radius 2 is 2.12 bits per heavy atom. The first kappa shape index (κ1) is 11.2. The Balaban J connectivity index is 2.06. The second-order valence-corrected chi connectivity index (χ2v) is 3.40. The summed E-state index contributed by atoms with van der Waals surface area (Å²) in [6.45, 7) is 2.35. The fraction of sp³-hybridized carbons (Fsp3) is 0.200. The van der Waals surface area contributed by atoms with Crippen molar-refractivity contribution in [3.8, 4) is 0 Å². The summed E-state index contributed by atoms with van der Waals surface area (Å²) in [6, 6.07) is 5.45. The van der Waals surface area contributed by atoms with E-state index in [2.05, 4.69) is 30.9 Å². The zero-order valence-electron chi connectivity index (χ0n) is 9.38. The maximum atomic E-state index is 5.30. The van der Waals surface area contributed by atoms with Crippen molar-refractivity contribution >= 4 is 11.6 Å². The molecule has 88 valence electrons. The Bertz CT molecular complexity index is 485. The molecule has 0 aliphatic carbocycles. The van der Waals surface area contributed by atoms with Crippen LogP contribution in [0.4, 0.5) is 11.6 Å². The smallest absolute Gasteiger partial charge is 0.145 e. The van der Waals surface area contributed by atoms with Gasteiger partial charge in [-0.2, -0.15) is 10.2 Å². The molecule has 4 N–H and O–H groups in total. The average molecular weight is 231 g/mol. The van der Waals surface area contributed by atoms with Crippen molar-refractivity contribution in [2.75, 3.05) is 10.7 Å². The van der Waals surface area contributed by atoms with E-state index in [1.807, 2.05) is 12.1 Å². The van der Waals surface area contributed by atoms with Gasteiger partial charge in [0.25, 0.3) is 0 Å². The molecule has 0 saturated heterocycles. The monoisotopic (exact) mass is 231 g/mol. The number of nitrogens with one attached hydrogen (secondary N) is 2. The fourth-order valence-electron chi connectivity index (χ4n) is 1.34. The first-order valence-electron chi connectivity index (χ1n) is 5.10. The van der Waals surface area contributed by atoms with Gasteiger partial charge < -0.3 is 10.7 Å². The van der Waals surface area contributed by atoms with Crippen LogP contribution in [-0.2, 0) is 6.54 Å². The highest BCUT2D eigenvalue weighted by Crippen LogP contribution is 2.10. The normalized spacial score (nSPS) is 10.0. The highest BCUT2D eigenvalue weighted by molar-refractivity contribution is 5.46. The van der Waals surface area contributed by atoms with Crippen LogP contribution in [0.3, 0.4) is 0 Å². The van der Waals surface area contributed by atoms with Crippen LogP contribution in [-0.4, -0.2) is 20.2 Å². The maximum absolute atomic E-state index is 5.30. The molecule has 0 aromatic carbocycles. The molecule has 0 bridgehead atoms. The fourth-order valence-corrected chi connectivity index (χ4v) is 1.34. The number of hydrazine groups is 1. The van der Waals surface area contributed by atoms with E-state index in [1.165, 1.54) is 0 Å². The van der Waals surface area contributed by atoms with Crippen LogP contribution in [0.1, 0.15) is 11.5 Å². The molecule has 17 heavy (non-hydrogen) atoms. The predicted octanol–water partition coefficient (Wildman–Crippen LogP) is 0.473. The number of aromatic nitrogens is 4. The molecule has 0 amide bonds. The predicted molar refractivity (Wildman–Crippen MR) is 63.9 cm³/mol. The highest BCUT2D eigenvalue weighted by atomic mass is 15.3. The van der Waals surface area contributed by atoms with Crippen LogP contribution in [0.5, 0.6) is 0 Å². The van der Waals surface area contributed by atoms with E-state index in [9.17, 15) is 0 Å². The topological polar surface area (TPSA) is 102 Å². The van der Waals surface area contributed by atoms with Crippen molar-refractivity contribution in [2.24, 2.45) is 5.84 Å². The summed E-state index contributed by atoms with van der Waals surface area (Å²) in [4.78, 5) is 8.32. The first-order valence-corrected chi connectivity index (χ1v) is 5.10. The molecule has 0 atom stereocenters. The van der Waals surface area contributed by atoms with Gasteiger partial charge in [-0.05, 0) is 19.1 Å². The van der Waals surface area contributed by atoms with E-state index >= 15 is 0 Å². The van der Waals surface area contributed by atoms with Gasteiger partial charge in [-0.1, -0.05) is 0 Å². The van der Waals surface area contributed by atoms with Gasteiger partial charge in [-0.25, -0.2) is 15.8 Å². The molecule has 2 aromatic rings. The Labute approximate surface area is 98.5 Å². The lowest BCUT2D eigenvalue weighted by atomic mass is 10.4. The van der Waals surface area contributed by atoms with E-state index in [0.29, 0.717) is 24.0 Å². The lowest BCUT2D eigenvalue weighted by molar-refractivity contribution is 0.915.